The van der Waals surface area contributed by atoms with Crippen LogP contribution in [0.3, 0.4) is 0 Å². The minimum Gasteiger partial charge on any atom is -0.273 e. The third-order valence-electron chi connectivity index (χ3n) is 1.55. The zero-order valence-electron chi connectivity index (χ0n) is 7.27. The summed E-state index contributed by atoms with van der Waals surface area (Å²) in [6, 6.07) is 0. The molecule has 0 aromatic heterocycles. The highest BCUT2D eigenvalue weighted by Crippen LogP contribution is 2.01. The van der Waals surface area contributed by atoms with E-state index >= 15 is 0 Å². The molecule has 0 atom stereocenters. The van der Waals surface area contributed by atoms with Gasteiger partial charge in [-0.25, -0.2) is 0 Å². The average Bonchev–Trinajstić information content (AvgIpc) is 1.97. The molecule has 0 spiro atoms. The predicted molar refractivity (Wildman–Crippen MR) is 42.6 cm³/mol. The van der Waals surface area contributed by atoms with Crippen molar-refractivity contribution in [3.63, 3.8) is 0 Å². The van der Waals surface area contributed by atoms with Gasteiger partial charge in [-0.15, -0.1) is 0 Å². The number of hydrogen-bond donors (Lipinski definition) is 0. The second-order valence-corrected chi connectivity index (χ2v) is 2.67. The van der Waals surface area contributed by atoms with Gasteiger partial charge in [0, 0.05) is 6.92 Å². The van der Waals surface area contributed by atoms with Gasteiger partial charge in [0.2, 0.25) is 5.91 Å². The molecule has 0 radical (unpaired) electrons. The molecule has 0 aliphatic heterocycles. The zero-order valence-corrected chi connectivity index (χ0v) is 7.27. The van der Waals surface area contributed by atoms with Crippen LogP contribution >= 0.6 is 0 Å². The van der Waals surface area contributed by atoms with E-state index < -0.39 is 5.91 Å². The Balaban J connectivity index is 3.17. The highest BCUT2D eigenvalue weighted by molar-refractivity contribution is 5.71. The van der Waals surface area contributed by atoms with Crippen molar-refractivity contribution in [1.82, 2.24) is 5.12 Å². The number of halogens is 1. The summed E-state index contributed by atoms with van der Waals surface area (Å²) in [5, 5.41) is 0.273. The Labute approximate surface area is 67.3 Å². The van der Waals surface area contributed by atoms with Gasteiger partial charge in [-0.2, -0.15) is 5.12 Å². The molecule has 11 heavy (non-hydrogen) atoms. The summed E-state index contributed by atoms with van der Waals surface area (Å²) in [6.07, 6.45) is 4.02. The Morgan fingerprint density at radius 2 is 2.00 bits per heavy atom. The Hall–Kier alpha value is -0.600. The number of amides is 1. The summed E-state index contributed by atoms with van der Waals surface area (Å²) in [4.78, 5) is 10.4. The fourth-order valence-electron chi connectivity index (χ4n) is 0.835. The Bertz CT molecular complexity index is 117. The van der Waals surface area contributed by atoms with Crippen molar-refractivity contribution in [2.45, 2.75) is 39.5 Å². The molecule has 2 nitrogen and oxygen atoms in total. The SMILES string of the molecule is CCCCCCN(F)C(C)=O. The topological polar surface area (TPSA) is 20.3 Å². The molecule has 0 heterocycles. The number of carbonyl (C=O) groups is 1. The monoisotopic (exact) mass is 161 g/mol. The third-order valence-corrected chi connectivity index (χ3v) is 1.55. The summed E-state index contributed by atoms with van der Waals surface area (Å²) in [5.41, 5.74) is 0. The lowest BCUT2D eigenvalue weighted by atomic mass is 10.2. The van der Waals surface area contributed by atoms with Crippen LogP contribution in [0.5, 0.6) is 0 Å². The van der Waals surface area contributed by atoms with E-state index in [9.17, 15) is 9.28 Å². The first-order valence-electron chi connectivity index (χ1n) is 4.12. The molecule has 66 valence electrons. The fraction of sp³-hybridized carbons (Fsp3) is 0.875. The predicted octanol–water partition coefficient (Wildman–Crippen LogP) is 2.30. The molecule has 0 fully saturated rings. The van der Waals surface area contributed by atoms with Gasteiger partial charge in [0.25, 0.3) is 0 Å². The Kier molecular flexibility index (Phi) is 5.80. The highest BCUT2D eigenvalue weighted by atomic mass is 19.2. The zero-order chi connectivity index (χ0) is 8.69. The average molecular weight is 161 g/mol. The van der Waals surface area contributed by atoms with Crippen molar-refractivity contribution in [3.05, 3.63) is 0 Å². The van der Waals surface area contributed by atoms with Crippen LogP contribution in [0.15, 0.2) is 0 Å². The van der Waals surface area contributed by atoms with Crippen molar-refractivity contribution < 1.29 is 9.28 Å². The minimum absolute atomic E-state index is 0.245. The maximum Gasteiger partial charge on any atom is 0.247 e. The molecule has 0 saturated carbocycles. The first-order valence-corrected chi connectivity index (χ1v) is 4.12. The van der Waals surface area contributed by atoms with Crippen molar-refractivity contribution in [1.29, 1.82) is 0 Å². The van der Waals surface area contributed by atoms with Crippen LogP contribution in [0.1, 0.15) is 39.5 Å². The molecule has 0 rings (SSSR count). The highest BCUT2D eigenvalue weighted by Gasteiger charge is 2.04. The van der Waals surface area contributed by atoms with Gasteiger partial charge in [-0.3, -0.25) is 4.79 Å². The van der Waals surface area contributed by atoms with Crippen LogP contribution in [0.25, 0.3) is 0 Å². The lowest BCUT2D eigenvalue weighted by Gasteiger charge is -2.07. The van der Waals surface area contributed by atoms with Crippen LogP contribution in [0, 0.1) is 0 Å². The second-order valence-electron chi connectivity index (χ2n) is 2.67. The molecule has 3 heteroatoms. The summed E-state index contributed by atoms with van der Waals surface area (Å²) in [6.45, 7) is 3.58. The number of carbonyl (C=O) groups excluding carboxylic acids is 1. The smallest absolute Gasteiger partial charge is 0.247 e. The quantitative estimate of drug-likeness (QED) is 0.447. The van der Waals surface area contributed by atoms with E-state index in [2.05, 4.69) is 6.92 Å². The van der Waals surface area contributed by atoms with Crippen LogP contribution in [0.2, 0.25) is 0 Å². The van der Waals surface area contributed by atoms with Crippen LogP contribution in [0.4, 0.5) is 4.48 Å². The van der Waals surface area contributed by atoms with Crippen LogP contribution < -0.4 is 0 Å². The number of rotatable bonds is 5. The molecule has 0 bridgehead atoms. The van der Waals surface area contributed by atoms with Gasteiger partial charge in [-0.05, 0) is 6.42 Å². The lowest BCUT2D eigenvalue weighted by molar-refractivity contribution is -0.143. The molecule has 0 aliphatic rings. The van der Waals surface area contributed by atoms with E-state index in [1.807, 2.05) is 0 Å². The van der Waals surface area contributed by atoms with E-state index in [4.69, 9.17) is 0 Å². The standard InChI is InChI=1S/C8H16FNO/c1-3-4-5-6-7-10(9)8(2)11/h3-7H2,1-2H3. The molecule has 0 aromatic carbocycles. The minimum atomic E-state index is -0.499. The van der Waals surface area contributed by atoms with E-state index in [1.165, 1.54) is 6.92 Å². The number of unbranched alkanes of at least 4 members (excludes halogenated alkanes) is 3. The van der Waals surface area contributed by atoms with Gasteiger partial charge in [0.15, 0.2) is 0 Å². The maximum absolute atomic E-state index is 12.4. The first-order chi connectivity index (χ1) is 5.18. The summed E-state index contributed by atoms with van der Waals surface area (Å²) < 4.78 is 12.4. The normalized spacial score (nSPS) is 9.73. The first kappa shape index (κ1) is 10.4. The lowest BCUT2D eigenvalue weighted by Crippen LogP contribution is -2.20. The van der Waals surface area contributed by atoms with Gasteiger partial charge in [0.05, 0.1) is 6.54 Å². The van der Waals surface area contributed by atoms with Gasteiger partial charge in [-0.1, -0.05) is 30.7 Å². The maximum atomic E-state index is 12.4. The van der Waals surface area contributed by atoms with E-state index in [-0.39, 0.29) is 11.7 Å². The molecule has 0 unspecified atom stereocenters. The summed E-state index contributed by atoms with van der Waals surface area (Å²) >= 11 is 0. The van der Waals surface area contributed by atoms with E-state index in [0.717, 1.165) is 25.7 Å². The molecule has 0 saturated heterocycles. The Morgan fingerprint density at radius 3 is 2.45 bits per heavy atom. The third kappa shape index (κ3) is 5.83. The van der Waals surface area contributed by atoms with Gasteiger partial charge in [0.1, 0.15) is 0 Å². The van der Waals surface area contributed by atoms with Crippen LogP contribution in [-0.2, 0) is 4.79 Å². The summed E-state index contributed by atoms with van der Waals surface area (Å²) in [5.74, 6) is -0.499. The number of nitrogens with zero attached hydrogens (tertiary/aromatic N) is 1. The summed E-state index contributed by atoms with van der Waals surface area (Å²) in [7, 11) is 0. The largest absolute Gasteiger partial charge is 0.273 e. The van der Waals surface area contributed by atoms with E-state index in [0.29, 0.717) is 0 Å². The van der Waals surface area contributed by atoms with Crippen molar-refractivity contribution in [2.24, 2.45) is 0 Å². The van der Waals surface area contributed by atoms with Crippen LogP contribution in [-0.4, -0.2) is 17.6 Å². The molecular formula is C8H16FNO. The van der Waals surface area contributed by atoms with Crippen molar-refractivity contribution >= 4 is 5.91 Å². The fourth-order valence-corrected chi connectivity index (χ4v) is 0.835. The molecule has 0 N–H and O–H groups in total. The van der Waals surface area contributed by atoms with Gasteiger partial charge < -0.3 is 0 Å². The number of hydrogen-bond acceptors (Lipinski definition) is 1. The van der Waals surface area contributed by atoms with Crippen molar-refractivity contribution in [3.8, 4) is 0 Å². The molecule has 0 aromatic rings. The van der Waals surface area contributed by atoms with Gasteiger partial charge >= 0.3 is 0 Å². The Morgan fingerprint density at radius 1 is 1.36 bits per heavy atom. The van der Waals surface area contributed by atoms with E-state index in [1.54, 1.807) is 0 Å². The molecular weight excluding hydrogens is 145 g/mol. The van der Waals surface area contributed by atoms with Crippen molar-refractivity contribution in [2.75, 3.05) is 6.54 Å². The second kappa shape index (κ2) is 6.13. The molecule has 0 aliphatic carbocycles. The molecule has 1 amide bonds.